The van der Waals surface area contributed by atoms with Gasteiger partial charge in [-0.2, -0.15) is 0 Å². The topological polar surface area (TPSA) is 60.2 Å². The van der Waals surface area contributed by atoms with Crippen molar-refractivity contribution in [1.29, 1.82) is 0 Å². The number of primary amides is 1. The Bertz CT molecular complexity index is 605. The van der Waals surface area contributed by atoms with Crippen LogP contribution in [0.5, 0.6) is 0 Å². The Hall–Kier alpha value is -2.42. The monoisotopic (exact) mass is 253 g/mol. The summed E-state index contributed by atoms with van der Waals surface area (Å²) in [5.41, 5.74) is 7.86. The van der Waals surface area contributed by atoms with E-state index in [0.29, 0.717) is 11.8 Å². The van der Waals surface area contributed by atoms with Gasteiger partial charge in [0.25, 0.3) is 0 Å². The van der Waals surface area contributed by atoms with Gasteiger partial charge in [0, 0.05) is 17.0 Å². The largest absolute Gasteiger partial charge is 0.366 e. The van der Waals surface area contributed by atoms with Gasteiger partial charge in [0.1, 0.15) is 0 Å². The molecule has 0 fully saturated rings. The number of amides is 1. The number of aldehydes is 1. The van der Waals surface area contributed by atoms with E-state index in [9.17, 15) is 9.59 Å². The maximum absolute atomic E-state index is 11.4. The van der Waals surface area contributed by atoms with Crippen molar-refractivity contribution < 1.29 is 9.59 Å². The van der Waals surface area contributed by atoms with Crippen molar-refractivity contribution in [1.82, 2.24) is 0 Å². The van der Waals surface area contributed by atoms with Gasteiger partial charge in [0.05, 0.1) is 0 Å². The zero-order valence-electron chi connectivity index (χ0n) is 10.7. The van der Waals surface area contributed by atoms with Crippen LogP contribution in [0.2, 0.25) is 0 Å². The third kappa shape index (κ3) is 2.55. The number of hydrogen-bond acceptors (Lipinski definition) is 2. The second kappa shape index (κ2) is 5.48. The SMILES string of the molecule is CC(c1ccccc1)c1cccc(C(N)=O)c1C=O. The maximum Gasteiger partial charge on any atom is 0.249 e. The van der Waals surface area contributed by atoms with Gasteiger partial charge in [-0.05, 0) is 17.2 Å². The van der Waals surface area contributed by atoms with E-state index in [4.69, 9.17) is 5.73 Å². The Labute approximate surface area is 112 Å². The smallest absolute Gasteiger partial charge is 0.249 e. The molecule has 1 unspecified atom stereocenters. The molecule has 96 valence electrons. The number of nitrogens with two attached hydrogens (primary N) is 1. The standard InChI is InChI=1S/C16H15NO2/c1-11(12-6-3-2-4-7-12)13-8-5-9-14(16(17)19)15(13)10-18/h2-11H,1H3,(H2,17,19). The lowest BCUT2D eigenvalue weighted by Crippen LogP contribution is -2.15. The van der Waals surface area contributed by atoms with Crippen LogP contribution in [0.15, 0.2) is 48.5 Å². The number of carbonyl (C=O) groups is 2. The van der Waals surface area contributed by atoms with Crippen LogP contribution in [-0.4, -0.2) is 12.2 Å². The van der Waals surface area contributed by atoms with Crippen molar-refractivity contribution in [2.24, 2.45) is 5.73 Å². The highest BCUT2D eigenvalue weighted by Crippen LogP contribution is 2.27. The second-order valence-electron chi connectivity index (χ2n) is 4.42. The fraction of sp³-hybridized carbons (Fsp3) is 0.125. The lowest BCUT2D eigenvalue weighted by Gasteiger charge is -2.16. The fourth-order valence-electron chi connectivity index (χ4n) is 2.23. The Morgan fingerprint density at radius 2 is 1.79 bits per heavy atom. The van der Waals surface area contributed by atoms with Crippen LogP contribution in [-0.2, 0) is 0 Å². The lowest BCUT2D eigenvalue weighted by atomic mass is 9.88. The molecule has 2 aromatic rings. The molecule has 0 radical (unpaired) electrons. The molecule has 19 heavy (non-hydrogen) atoms. The Balaban J connectivity index is 2.54. The van der Waals surface area contributed by atoms with Gasteiger partial charge in [-0.3, -0.25) is 9.59 Å². The lowest BCUT2D eigenvalue weighted by molar-refractivity contribution is 0.0992. The van der Waals surface area contributed by atoms with Crippen LogP contribution in [0, 0.1) is 0 Å². The van der Waals surface area contributed by atoms with E-state index in [1.54, 1.807) is 12.1 Å². The molecule has 0 bridgehead atoms. The first-order valence-corrected chi connectivity index (χ1v) is 6.08. The zero-order valence-corrected chi connectivity index (χ0v) is 10.7. The molecule has 0 saturated heterocycles. The minimum atomic E-state index is -0.579. The van der Waals surface area contributed by atoms with Gasteiger partial charge in [0.2, 0.25) is 5.91 Å². The molecular weight excluding hydrogens is 238 g/mol. The molecule has 0 heterocycles. The van der Waals surface area contributed by atoms with Crippen molar-refractivity contribution >= 4 is 12.2 Å². The maximum atomic E-state index is 11.4. The molecule has 0 aliphatic carbocycles. The Morgan fingerprint density at radius 1 is 1.11 bits per heavy atom. The summed E-state index contributed by atoms with van der Waals surface area (Å²) in [6, 6.07) is 15.0. The van der Waals surface area contributed by atoms with Crippen molar-refractivity contribution in [2.45, 2.75) is 12.8 Å². The van der Waals surface area contributed by atoms with Crippen molar-refractivity contribution in [2.75, 3.05) is 0 Å². The summed E-state index contributed by atoms with van der Waals surface area (Å²) in [7, 11) is 0. The van der Waals surface area contributed by atoms with Gasteiger partial charge in [-0.25, -0.2) is 0 Å². The molecule has 2 N–H and O–H groups in total. The minimum absolute atomic E-state index is 0.0284. The van der Waals surface area contributed by atoms with Crippen LogP contribution in [0.1, 0.15) is 44.7 Å². The summed E-state index contributed by atoms with van der Waals surface area (Å²) in [4.78, 5) is 22.6. The third-order valence-corrected chi connectivity index (χ3v) is 3.29. The Morgan fingerprint density at radius 3 is 2.37 bits per heavy atom. The summed E-state index contributed by atoms with van der Waals surface area (Å²) in [6.45, 7) is 2.00. The average Bonchev–Trinajstić information content (AvgIpc) is 2.46. The number of carbonyl (C=O) groups excluding carboxylic acids is 2. The van der Waals surface area contributed by atoms with E-state index in [-0.39, 0.29) is 11.5 Å². The summed E-state index contributed by atoms with van der Waals surface area (Å²) in [6.07, 6.45) is 0.703. The summed E-state index contributed by atoms with van der Waals surface area (Å²) >= 11 is 0. The number of rotatable bonds is 4. The number of hydrogen-bond donors (Lipinski definition) is 1. The first-order valence-electron chi connectivity index (χ1n) is 6.08. The van der Waals surface area contributed by atoms with Crippen molar-refractivity contribution in [3.63, 3.8) is 0 Å². The van der Waals surface area contributed by atoms with Crippen LogP contribution >= 0.6 is 0 Å². The molecule has 3 nitrogen and oxygen atoms in total. The highest BCUT2D eigenvalue weighted by atomic mass is 16.1. The molecule has 3 heteroatoms. The third-order valence-electron chi connectivity index (χ3n) is 3.29. The van der Waals surface area contributed by atoms with E-state index in [2.05, 4.69) is 0 Å². The molecular formula is C16H15NO2. The van der Waals surface area contributed by atoms with Crippen molar-refractivity contribution in [3.8, 4) is 0 Å². The molecule has 0 spiro atoms. The molecule has 1 amide bonds. The summed E-state index contributed by atoms with van der Waals surface area (Å²) in [5.74, 6) is -0.551. The van der Waals surface area contributed by atoms with Gasteiger partial charge < -0.3 is 5.73 Å². The molecule has 0 saturated carbocycles. The molecule has 1 atom stereocenters. The highest BCUT2D eigenvalue weighted by molar-refractivity contribution is 6.01. The Kier molecular flexibility index (Phi) is 3.76. The van der Waals surface area contributed by atoms with E-state index in [0.717, 1.165) is 11.1 Å². The first-order chi connectivity index (χ1) is 9.15. The normalized spacial score (nSPS) is 11.8. The zero-order chi connectivity index (χ0) is 13.8. The van der Waals surface area contributed by atoms with Gasteiger partial charge in [-0.1, -0.05) is 49.4 Å². The van der Waals surface area contributed by atoms with Gasteiger partial charge in [0.15, 0.2) is 6.29 Å². The van der Waals surface area contributed by atoms with Crippen LogP contribution in [0.3, 0.4) is 0 Å². The number of benzene rings is 2. The second-order valence-corrected chi connectivity index (χ2v) is 4.42. The van der Waals surface area contributed by atoms with E-state index >= 15 is 0 Å². The summed E-state index contributed by atoms with van der Waals surface area (Å²) in [5, 5.41) is 0. The first kappa shape index (κ1) is 13.0. The van der Waals surface area contributed by atoms with E-state index in [1.165, 1.54) is 0 Å². The highest BCUT2D eigenvalue weighted by Gasteiger charge is 2.17. The van der Waals surface area contributed by atoms with Gasteiger partial charge in [-0.15, -0.1) is 0 Å². The van der Waals surface area contributed by atoms with E-state index in [1.807, 2.05) is 43.3 Å². The predicted molar refractivity (Wildman–Crippen MR) is 74.3 cm³/mol. The van der Waals surface area contributed by atoms with Crippen molar-refractivity contribution in [3.05, 3.63) is 70.8 Å². The fourth-order valence-corrected chi connectivity index (χ4v) is 2.23. The molecule has 0 aliphatic heterocycles. The average molecular weight is 253 g/mol. The van der Waals surface area contributed by atoms with Crippen LogP contribution in [0.25, 0.3) is 0 Å². The molecule has 2 rings (SSSR count). The van der Waals surface area contributed by atoms with Crippen LogP contribution < -0.4 is 5.73 Å². The molecule has 0 aliphatic rings. The summed E-state index contributed by atoms with van der Waals surface area (Å²) < 4.78 is 0. The minimum Gasteiger partial charge on any atom is -0.366 e. The van der Waals surface area contributed by atoms with Gasteiger partial charge >= 0.3 is 0 Å². The van der Waals surface area contributed by atoms with Crippen LogP contribution in [0.4, 0.5) is 0 Å². The van der Waals surface area contributed by atoms with E-state index < -0.39 is 5.91 Å². The predicted octanol–water partition coefficient (Wildman–Crippen LogP) is 2.75. The quantitative estimate of drug-likeness (QED) is 0.852. The molecule has 0 aromatic heterocycles. The molecule has 2 aromatic carbocycles.